The number of para-hydroxylation sites is 2. The minimum absolute atomic E-state index is 0.567. The number of nitrogens with zero attached hydrogens (tertiary/aromatic N) is 3. The van der Waals surface area contributed by atoms with Crippen molar-refractivity contribution in [1.29, 1.82) is 0 Å². The van der Waals surface area contributed by atoms with Gasteiger partial charge in [-0.2, -0.15) is 0 Å². The Hall–Kier alpha value is -6.33. The van der Waals surface area contributed by atoms with Crippen molar-refractivity contribution in [2.24, 2.45) is 0 Å². The molecule has 46 heavy (non-hydrogen) atoms. The molecule has 0 aliphatic rings. The fourth-order valence-corrected chi connectivity index (χ4v) is 6.10. The van der Waals surface area contributed by atoms with Crippen molar-refractivity contribution in [3.8, 4) is 56.5 Å². The van der Waals surface area contributed by atoms with Gasteiger partial charge in [0.1, 0.15) is 16.7 Å². The first kappa shape index (κ1) is 26.1. The smallest absolute Gasteiger partial charge is 0.227 e. The van der Waals surface area contributed by atoms with E-state index in [9.17, 15) is 0 Å². The zero-order valence-electron chi connectivity index (χ0n) is 24.6. The maximum absolute atomic E-state index is 6.35. The third kappa shape index (κ3) is 4.54. The number of hydrogen-bond acceptors (Lipinski definition) is 5. The van der Waals surface area contributed by atoms with E-state index in [1.165, 1.54) is 0 Å². The zero-order chi connectivity index (χ0) is 30.5. The molecule has 0 fully saturated rings. The molecule has 0 radical (unpaired) electrons. The Kier molecular flexibility index (Phi) is 6.06. The predicted molar refractivity (Wildman–Crippen MR) is 184 cm³/mol. The van der Waals surface area contributed by atoms with Crippen LogP contribution in [0.5, 0.6) is 0 Å². The average Bonchev–Trinajstić information content (AvgIpc) is 3.74. The molecule has 0 aliphatic heterocycles. The quantitative estimate of drug-likeness (QED) is 0.199. The summed E-state index contributed by atoms with van der Waals surface area (Å²) >= 11 is 0. The highest BCUT2D eigenvalue weighted by molar-refractivity contribution is 6.12. The van der Waals surface area contributed by atoms with Gasteiger partial charge in [0, 0.05) is 33.0 Å². The lowest BCUT2D eigenvalue weighted by Gasteiger charge is -2.11. The number of oxazole rings is 1. The van der Waals surface area contributed by atoms with E-state index in [0.717, 1.165) is 77.8 Å². The molecule has 5 heteroatoms. The Morgan fingerprint density at radius 3 is 1.89 bits per heavy atom. The Balaban J connectivity index is 1.25. The van der Waals surface area contributed by atoms with Gasteiger partial charge in [-0.3, -0.25) is 0 Å². The van der Waals surface area contributed by atoms with Crippen LogP contribution in [0.1, 0.15) is 0 Å². The highest BCUT2D eigenvalue weighted by atomic mass is 16.3. The topological polar surface area (TPSA) is 65.0 Å². The first-order chi connectivity index (χ1) is 22.8. The maximum atomic E-state index is 6.35. The Morgan fingerprint density at radius 2 is 1.07 bits per heavy atom. The highest BCUT2D eigenvalue weighted by Crippen LogP contribution is 2.39. The molecule has 0 aliphatic carbocycles. The Morgan fingerprint density at radius 1 is 0.391 bits per heavy atom. The standard InChI is InChI=1S/C41H25N3O2/c1-3-11-26(12-4-1)28-15-9-16-29(23-28)35-25-34(27-13-5-2-6-14-27)42-40(43-35)31-17-10-20-38-39(31)32-24-30(21-22-36(32)45-38)41-44-33-18-7-8-19-37(33)46-41/h1-25H. The largest absolute Gasteiger partial charge is 0.456 e. The van der Waals surface area contributed by atoms with Gasteiger partial charge in [-0.1, -0.05) is 103 Å². The van der Waals surface area contributed by atoms with Crippen molar-refractivity contribution in [2.45, 2.75) is 0 Å². The van der Waals surface area contributed by atoms with Gasteiger partial charge < -0.3 is 8.83 Å². The van der Waals surface area contributed by atoms with E-state index in [0.29, 0.717) is 11.7 Å². The third-order valence-corrected chi connectivity index (χ3v) is 8.34. The zero-order valence-corrected chi connectivity index (χ0v) is 24.6. The molecular formula is C41H25N3O2. The molecule has 0 unspecified atom stereocenters. The molecule has 0 amide bonds. The van der Waals surface area contributed by atoms with E-state index in [1.807, 2.05) is 72.8 Å². The van der Waals surface area contributed by atoms with Crippen LogP contribution in [-0.2, 0) is 0 Å². The van der Waals surface area contributed by atoms with E-state index < -0.39 is 0 Å². The van der Waals surface area contributed by atoms with Gasteiger partial charge in [-0.05, 0) is 59.7 Å². The molecule has 216 valence electrons. The van der Waals surface area contributed by atoms with Crippen molar-refractivity contribution in [1.82, 2.24) is 15.0 Å². The second-order valence-corrected chi connectivity index (χ2v) is 11.3. The molecule has 9 rings (SSSR count). The molecular weight excluding hydrogens is 566 g/mol. The van der Waals surface area contributed by atoms with Crippen molar-refractivity contribution < 1.29 is 8.83 Å². The van der Waals surface area contributed by atoms with Gasteiger partial charge in [0.15, 0.2) is 11.4 Å². The molecule has 0 bridgehead atoms. The van der Waals surface area contributed by atoms with Crippen molar-refractivity contribution in [3.63, 3.8) is 0 Å². The SMILES string of the molecule is c1ccc(-c2cccc(-c3cc(-c4ccccc4)nc(-c4cccc5oc6ccc(-c7nc8ccccc8o7)cc6c45)n3)c2)cc1. The second kappa shape index (κ2) is 10.7. The molecule has 0 spiro atoms. The van der Waals surface area contributed by atoms with Crippen LogP contribution >= 0.6 is 0 Å². The summed E-state index contributed by atoms with van der Waals surface area (Å²) in [6, 6.07) is 51.1. The number of fused-ring (bicyclic) bond motifs is 4. The third-order valence-electron chi connectivity index (χ3n) is 8.34. The summed E-state index contributed by atoms with van der Waals surface area (Å²) in [7, 11) is 0. The second-order valence-electron chi connectivity index (χ2n) is 11.3. The fourth-order valence-electron chi connectivity index (χ4n) is 6.10. The van der Waals surface area contributed by atoms with Crippen LogP contribution in [0.4, 0.5) is 0 Å². The monoisotopic (exact) mass is 591 g/mol. The molecule has 5 nitrogen and oxygen atoms in total. The lowest BCUT2D eigenvalue weighted by atomic mass is 10.00. The minimum atomic E-state index is 0.567. The van der Waals surface area contributed by atoms with Gasteiger partial charge in [0.05, 0.1) is 11.4 Å². The van der Waals surface area contributed by atoms with E-state index >= 15 is 0 Å². The van der Waals surface area contributed by atoms with Crippen LogP contribution in [0.25, 0.3) is 89.5 Å². The van der Waals surface area contributed by atoms with Gasteiger partial charge >= 0.3 is 0 Å². The summed E-state index contributed by atoms with van der Waals surface area (Å²) < 4.78 is 12.5. The van der Waals surface area contributed by atoms with Crippen molar-refractivity contribution >= 4 is 33.0 Å². The average molecular weight is 592 g/mol. The van der Waals surface area contributed by atoms with Crippen LogP contribution in [0.15, 0.2) is 160 Å². The Bertz CT molecular complexity index is 2500. The molecule has 0 N–H and O–H groups in total. The Labute approximate surface area is 264 Å². The molecule has 9 aromatic rings. The van der Waals surface area contributed by atoms with Gasteiger partial charge in [-0.15, -0.1) is 0 Å². The summed E-state index contributed by atoms with van der Waals surface area (Å²) in [6.07, 6.45) is 0. The summed E-state index contributed by atoms with van der Waals surface area (Å²) in [5.74, 6) is 1.19. The molecule has 6 aromatic carbocycles. The minimum Gasteiger partial charge on any atom is -0.456 e. The molecule has 3 heterocycles. The molecule has 0 saturated carbocycles. The summed E-state index contributed by atoms with van der Waals surface area (Å²) in [5, 5.41) is 1.90. The first-order valence-electron chi connectivity index (χ1n) is 15.2. The normalized spacial score (nSPS) is 11.5. The van der Waals surface area contributed by atoms with Gasteiger partial charge in [0.25, 0.3) is 0 Å². The summed E-state index contributed by atoms with van der Waals surface area (Å²) in [5.41, 5.74) is 10.9. The number of furan rings is 1. The predicted octanol–water partition coefficient (Wildman–Crippen LogP) is 10.9. The van der Waals surface area contributed by atoms with E-state index in [4.69, 9.17) is 23.8 Å². The highest BCUT2D eigenvalue weighted by Gasteiger charge is 2.19. The lowest BCUT2D eigenvalue weighted by Crippen LogP contribution is -1.96. The van der Waals surface area contributed by atoms with Crippen LogP contribution in [0, 0.1) is 0 Å². The van der Waals surface area contributed by atoms with Gasteiger partial charge in [0.2, 0.25) is 5.89 Å². The lowest BCUT2D eigenvalue weighted by molar-refractivity contribution is 0.620. The number of aromatic nitrogens is 3. The molecule has 3 aromatic heterocycles. The summed E-state index contributed by atoms with van der Waals surface area (Å²) in [4.78, 5) is 15.1. The maximum Gasteiger partial charge on any atom is 0.227 e. The molecule has 0 saturated heterocycles. The number of benzene rings is 6. The number of hydrogen-bond donors (Lipinski definition) is 0. The first-order valence-corrected chi connectivity index (χ1v) is 15.2. The fraction of sp³-hybridized carbons (Fsp3) is 0. The summed E-state index contributed by atoms with van der Waals surface area (Å²) in [6.45, 7) is 0. The van der Waals surface area contributed by atoms with Crippen molar-refractivity contribution in [3.05, 3.63) is 152 Å². The van der Waals surface area contributed by atoms with Crippen LogP contribution in [0.3, 0.4) is 0 Å². The molecule has 0 atom stereocenters. The van der Waals surface area contributed by atoms with Crippen LogP contribution in [-0.4, -0.2) is 15.0 Å². The van der Waals surface area contributed by atoms with Gasteiger partial charge in [-0.25, -0.2) is 15.0 Å². The van der Waals surface area contributed by atoms with E-state index in [1.54, 1.807) is 0 Å². The van der Waals surface area contributed by atoms with Crippen LogP contribution in [0.2, 0.25) is 0 Å². The van der Waals surface area contributed by atoms with E-state index in [2.05, 4.69) is 78.9 Å². The van der Waals surface area contributed by atoms with Crippen LogP contribution < -0.4 is 0 Å². The number of rotatable bonds is 5. The van der Waals surface area contributed by atoms with Crippen molar-refractivity contribution in [2.75, 3.05) is 0 Å². The van der Waals surface area contributed by atoms with E-state index in [-0.39, 0.29) is 0 Å².